The second-order valence-corrected chi connectivity index (χ2v) is 9.69. The van der Waals surface area contributed by atoms with Crippen LogP contribution >= 0.6 is 0 Å². The topological polar surface area (TPSA) is 68.3 Å². The van der Waals surface area contributed by atoms with Gasteiger partial charge in [0.15, 0.2) is 17.6 Å². The summed E-state index contributed by atoms with van der Waals surface area (Å²) in [5.41, 5.74) is 2.12. The summed E-state index contributed by atoms with van der Waals surface area (Å²) in [6, 6.07) is 28.2. The van der Waals surface area contributed by atoms with Crippen LogP contribution < -0.4 is 19.4 Å². The third-order valence-corrected chi connectivity index (χ3v) is 7.19. The number of hydroxylamine groups is 1. The predicted octanol–water partition coefficient (Wildman–Crippen LogP) is 6.08. The highest BCUT2D eigenvalue weighted by Crippen LogP contribution is 2.49. The van der Waals surface area contributed by atoms with Crippen molar-refractivity contribution >= 4 is 34.0 Å². The molecule has 0 bridgehead atoms. The van der Waals surface area contributed by atoms with Gasteiger partial charge in [-0.25, -0.2) is 9.96 Å². The SMILES string of the molecule is CCCOc1ccc([C@@H]2[C@@H]3C(=O)N(c4ccc5ccccc5c4)C(=O)[C@@H]3ON2c2ccccc2)cc1OCC. The van der Waals surface area contributed by atoms with Crippen LogP contribution in [0.5, 0.6) is 11.5 Å². The highest BCUT2D eigenvalue weighted by Gasteiger charge is 2.60. The first kappa shape index (κ1) is 24.9. The molecule has 2 aliphatic rings. The van der Waals surface area contributed by atoms with Crippen LogP contribution in [-0.2, 0) is 14.4 Å². The molecule has 198 valence electrons. The number of nitrogens with zero attached hydrogens (tertiary/aromatic N) is 2. The van der Waals surface area contributed by atoms with E-state index >= 15 is 0 Å². The first-order valence-electron chi connectivity index (χ1n) is 13.4. The molecule has 0 saturated carbocycles. The monoisotopic (exact) mass is 522 g/mol. The molecule has 2 saturated heterocycles. The quantitative estimate of drug-likeness (QED) is 0.261. The van der Waals surface area contributed by atoms with Crippen molar-refractivity contribution in [2.45, 2.75) is 32.4 Å². The normalized spacial score (nSPS) is 20.5. The summed E-state index contributed by atoms with van der Waals surface area (Å²) in [7, 11) is 0. The summed E-state index contributed by atoms with van der Waals surface area (Å²) in [4.78, 5) is 35.4. The van der Waals surface area contributed by atoms with Crippen molar-refractivity contribution in [3.8, 4) is 11.5 Å². The summed E-state index contributed by atoms with van der Waals surface area (Å²) in [5, 5.41) is 3.69. The molecule has 7 nitrogen and oxygen atoms in total. The van der Waals surface area contributed by atoms with Gasteiger partial charge in [-0.3, -0.25) is 14.4 Å². The van der Waals surface area contributed by atoms with Gasteiger partial charge in [0, 0.05) is 0 Å². The summed E-state index contributed by atoms with van der Waals surface area (Å²) in [6.45, 7) is 5.00. The molecule has 39 heavy (non-hydrogen) atoms. The maximum atomic E-state index is 14.1. The minimum Gasteiger partial charge on any atom is -0.490 e. The molecule has 0 unspecified atom stereocenters. The maximum Gasteiger partial charge on any atom is 0.266 e. The largest absolute Gasteiger partial charge is 0.490 e. The summed E-state index contributed by atoms with van der Waals surface area (Å²) >= 11 is 0. The molecule has 2 amide bonds. The molecule has 0 radical (unpaired) electrons. The van der Waals surface area contributed by atoms with Gasteiger partial charge in [-0.1, -0.05) is 61.5 Å². The van der Waals surface area contributed by atoms with Gasteiger partial charge in [0.1, 0.15) is 5.92 Å². The van der Waals surface area contributed by atoms with Crippen molar-refractivity contribution in [2.24, 2.45) is 5.92 Å². The number of benzene rings is 4. The fourth-order valence-electron chi connectivity index (χ4n) is 5.43. The molecule has 0 aromatic heterocycles. The van der Waals surface area contributed by atoms with E-state index in [0.717, 1.165) is 28.4 Å². The molecule has 2 fully saturated rings. The molecule has 0 N–H and O–H groups in total. The third-order valence-electron chi connectivity index (χ3n) is 7.19. The zero-order valence-electron chi connectivity index (χ0n) is 21.9. The van der Waals surface area contributed by atoms with Gasteiger partial charge < -0.3 is 9.47 Å². The summed E-state index contributed by atoms with van der Waals surface area (Å²) < 4.78 is 11.8. The number of amides is 2. The Morgan fingerprint density at radius 2 is 1.51 bits per heavy atom. The third kappa shape index (κ3) is 4.38. The summed E-state index contributed by atoms with van der Waals surface area (Å²) in [6.07, 6.45) is -0.0722. The fourth-order valence-corrected chi connectivity index (χ4v) is 5.43. The number of ether oxygens (including phenoxy) is 2. The van der Waals surface area contributed by atoms with Crippen LogP contribution in [-0.4, -0.2) is 31.1 Å². The molecule has 6 rings (SSSR count). The lowest BCUT2D eigenvalue weighted by molar-refractivity contribution is -0.126. The fraction of sp³-hybridized carbons (Fsp3) is 0.250. The van der Waals surface area contributed by atoms with Crippen molar-refractivity contribution in [1.29, 1.82) is 0 Å². The minimum atomic E-state index is -0.944. The maximum absolute atomic E-state index is 14.1. The number of para-hydroxylation sites is 1. The van der Waals surface area contributed by atoms with Gasteiger partial charge in [0.25, 0.3) is 5.91 Å². The number of fused-ring (bicyclic) bond motifs is 2. The molecule has 4 aromatic rings. The molecular formula is C32H30N2O5. The smallest absolute Gasteiger partial charge is 0.266 e. The van der Waals surface area contributed by atoms with E-state index in [0.29, 0.717) is 30.4 Å². The van der Waals surface area contributed by atoms with Gasteiger partial charge in [0.05, 0.1) is 30.6 Å². The van der Waals surface area contributed by atoms with Crippen molar-refractivity contribution in [2.75, 3.05) is 23.2 Å². The number of anilines is 2. The molecule has 0 aliphatic carbocycles. The van der Waals surface area contributed by atoms with Crippen molar-refractivity contribution in [1.82, 2.24) is 0 Å². The Morgan fingerprint density at radius 3 is 2.28 bits per heavy atom. The van der Waals surface area contributed by atoms with Gasteiger partial charge in [0.2, 0.25) is 5.91 Å². The Labute approximate surface area is 227 Å². The molecule has 4 aromatic carbocycles. The zero-order valence-corrected chi connectivity index (χ0v) is 21.9. The summed E-state index contributed by atoms with van der Waals surface area (Å²) in [5.74, 6) is -0.135. The van der Waals surface area contributed by atoms with Gasteiger partial charge in [-0.15, -0.1) is 0 Å². The molecule has 2 aliphatic heterocycles. The predicted molar refractivity (Wildman–Crippen MR) is 150 cm³/mol. The lowest BCUT2D eigenvalue weighted by Crippen LogP contribution is -2.37. The van der Waals surface area contributed by atoms with E-state index in [2.05, 4.69) is 0 Å². The molecule has 2 heterocycles. The Balaban J connectivity index is 1.42. The number of rotatable bonds is 8. The first-order valence-corrected chi connectivity index (χ1v) is 13.4. The second kappa shape index (κ2) is 10.4. The Kier molecular flexibility index (Phi) is 6.67. The number of hydrogen-bond acceptors (Lipinski definition) is 6. The van der Waals surface area contributed by atoms with Crippen LogP contribution in [0, 0.1) is 5.92 Å². The molecule has 0 spiro atoms. The number of carbonyl (C=O) groups excluding carboxylic acids is 2. The molecule has 3 atom stereocenters. The highest BCUT2D eigenvalue weighted by molar-refractivity contribution is 6.24. The van der Waals surface area contributed by atoms with Crippen LogP contribution in [0.4, 0.5) is 11.4 Å². The number of carbonyl (C=O) groups is 2. The first-order chi connectivity index (χ1) is 19.1. The number of hydrogen-bond donors (Lipinski definition) is 0. The van der Waals surface area contributed by atoms with Crippen LogP contribution in [0.15, 0.2) is 91.0 Å². The van der Waals surface area contributed by atoms with Crippen molar-refractivity contribution in [3.63, 3.8) is 0 Å². The van der Waals surface area contributed by atoms with Crippen LogP contribution in [0.25, 0.3) is 10.8 Å². The minimum absolute atomic E-state index is 0.284. The van der Waals surface area contributed by atoms with E-state index in [-0.39, 0.29) is 11.8 Å². The van der Waals surface area contributed by atoms with Gasteiger partial charge in [-0.2, -0.15) is 0 Å². The van der Waals surface area contributed by atoms with E-state index in [1.807, 2.05) is 105 Å². The lowest BCUT2D eigenvalue weighted by atomic mass is 9.90. The Hall–Kier alpha value is -4.36. The highest BCUT2D eigenvalue weighted by atomic mass is 16.7. The van der Waals surface area contributed by atoms with Crippen molar-refractivity contribution < 1.29 is 23.9 Å². The van der Waals surface area contributed by atoms with Crippen LogP contribution in [0.2, 0.25) is 0 Å². The van der Waals surface area contributed by atoms with E-state index in [1.54, 1.807) is 5.06 Å². The number of imide groups is 1. The average molecular weight is 523 g/mol. The molecule has 7 heteroatoms. The Bertz CT molecular complexity index is 1520. The van der Waals surface area contributed by atoms with E-state index in [1.165, 1.54) is 4.90 Å². The van der Waals surface area contributed by atoms with E-state index in [9.17, 15) is 9.59 Å². The van der Waals surface area contributed by atoms with E-state index in [4.69, 9.17) is 14.3 Å². The second-order valence-electron chi connectivity index (χ2n) is 9.69. The van der Waals surface area contributed by atoms with E-state index < -0.39 is 18.1 Å². The lowest BCUT2D eigenvalue weighted by Gasteiger charge is -2.29. The average Bonchev–Trinajstić information content (AvgIpc) is 3.48. The van der Waals surface area contributed by atoms with Crippen LogP contribution in [0.1, 0.15) is 31.9 Å². The zero-order chi connectivity index (χ0) is 26.9. The molecular weight excluding hydrogens is 492 g/mol. The van der Waals surface area contributed by atoms with Crippen molar-refractivity contribution in [3.05, 3.63) is 96.6 Å². The van der Waals surface area contributed by atoms with Crippen LogP contribution in [0.3, 0.4) is 0 Å². The standard InChI is InChI=1S/C32H30N2O5/c1-3-18-38-26-17-15-23(20-27(26)37-4-2)29-28-30(39-34(29)24-12-6-5-7-13-24)32(36)33(31(28)35)25-16-14-21-10-8-9-11-22(21)19-25/h5-17,19-20,28-30H,3-4,18H2,1-2H3/t28-,29+,30+/m0/s1. The Morgan fingerprint density at radius 1 is 0.744 bits per heavy atom. The van der Waals surface area contributed by atoms with Gasteiger partial charge in [-0.05, 0) is 66.1 Å². The van der Waals surface area contributed by atoms with Gasteiger partial charge >= 0.3 is 0 Å².